The average molecular weight is 383 g/mol. The standard InChI is InChI=1S/C22H30N4O2/c1-4-26-15-18(12-24-26)11-23-21(27)22(25-13-16(2)28-17(3)14-25)9-19-7-5-6-8-20(19)10-22/h5-8,12,15-17H,4,9-11,13-14H2,1-3H3,(H,23,27)/t16-,17+. The molecule has 1 saturated heterocycles. The molecule has 150 valence electrons. The molecule has 28 heavy (non-hydrogen) atoms. The van der Waals surface area contributed by atoms with Crippen LogP contribution in [0.2, 0.25) is 0 Å². The lowest BCUT2D eigenvalue weighted by Gasteiger charge is -2.45. The minimum atomic E-state index is -0.545. The lowest BCUT2D eigenvalue weighted by molar-refractivity contribution is -0.144. The topological polar surface area (TPSA) is 59.4 Å². The van der Waals surface area contributed by atoms with Gasteiger partial charge in [-0.15, -0.1) is 0 Å². The van der Waals surface area contributed by atoms with Gasteiger partial charge in [0.2, 0.25) is 5.91 Å². The van der Waals surface area contributed by atoms with E-state index in [9.17, 15) is 4.79 Å². The number of morpholine rings is 1. The fourth-order valence-electron chi connectivity index (χ4n) is 4.67. The van der Waals surface area contributed by atoms with E-state index in [1.165, 1.54) is 11.1 Å². The lowest BCUT2D eigenvalue weighted by Crippen LogP contribution is -2.64. The molecule has 0 unspecified atom stereocenters. The number of hydrogen-bond acceptors (Lipinski definition) is 4. The first-order chi connectivity index (χ1) is 13.5. The molecule has 1 amide bonds. The molecule has 0 radical (unpaired) electrons. The fraction of sp³-hybridized carbons (Fsp3) is 0.545. The molecule has 0 saturated carbocycles. The van der Waals surface area contributed by atoms with Crippen molar-refractivity contribution in [3.05, 3.63) is 53.3 Å². The molecule has 1 aromatic carbocycles. The number of fused-ring (bicyclic) bond motifs is 1. The van der Waals surface area contributed by atoms with E-state index in [2.05, 4.69) is 60.4 Å². The maximum atomic E-state index is 13.6. The largest absolute Gasteiger partial charge is 0.373 e. The van der Waals surface area contributed by atoms with Gasteiger partial charge in [-0.05, 0) is 31.9 Å². The van der Waals surface area contributed by atoms with Crippen LogP contribution >= 0.6 is 0 Å². The molecule has 2 heterocycles. The number of nitrogens with zero attached hydrogens (tertiary/aromatic N) is 3. The first-order valence-electron chi connectivity index (χ1n) is 10.3. The predicted molar refractivity (Wildman–Crippen MR) is 108 cm³/mol. The summed E-state index contributed by atoms with van der Waals surface area (Å²) in [4.78, 5) is 15.9. The zero-order valence-corrected chi connectivity index (χ0v) is 17.0. The number of rotatable bonds is 5. The van der Waals surface area contributed by atoms with Gasteiger partial charge in [-0.3, -0.25) is 14.4 Å². The van der Waals surface area contributed by atoms with Crippen LogP contribution in [0.15, 0.2) is 36.7 Å². The minimum Gasteiger partial charge on any atom is -0.373 e. The number of nitrogens with one attached hydrogen (secondary N) is 1. The summed E-state index contributed by atoms with van der Waals surface area (Å²) in [5, 5.41) is 7.51. The summed E-state index contributed by atoms with van der Waals surface area (Å²) < 4.78 is 7.82. The van der Waals surface area contributed by atoms with Crippen LogP contribution in [0, 0.1) is 0 Å². The Labute approximate surface area is 166 Å². The molecule has 1 fully saturated rings. The van der Waals surface area contributed by atoms with E-state index in [-0.39, 0.29) is 18.1 Å². The highest BCUT2D eigenvalue weighted by atomic mass is 16.5. The Morgan fingerprint density at radius 3 is 2.43 bits per heavy atom. The molecule has 2 aliphatic rings. The number of hydrogen-bond donors (Lipinski definition) is 1. The average Bonchev–Trinajstić information content (AvgIpc) is 3.30. The van der Waals surface area contributed by atoms with E-state index in [4.69, 9.17) is 4.74 Å². The molecule has 6 heteroatoms. The number of carbonyl (C=O) groups excluding carboxylic acids is 1. The highest BCUT2D eigenvalue weighted by Crippen LogP contribution is 2.36. The van der Waals surface area contributed by atoms with Crippen LogP contribution in [-0.4, -0.2) is 51.4 Å². The number of aryl methyl sites for hydroxylation is 1. The summed E-state index contributed by atoms with van der Waals surface area (Å²) in [5.74, 6) is 0.106. The molecule has 1 aliphatic heterocycles. The van der Waals surface area contributed by atoms with Gasteiger partial charge in [-0.25, -0.2) is 0 Å². The molecular weight excluding hydrogens is 352 g/mol. The van der Waals surface area contributed by atoms with Gasteiger partial charge in [0.15, 0.2) is 0 Å². The van der Waals surface area contributed by atoms with Gasteiger partial charge < -0.3 is 10.1 Å². The number of aromatic nitrogens is 2. The van der Waals surface area contributed by atoms with Crippen molar-refractivity contribution in [3.8, 4) is 0 Å². The van der Waals surface area contributed by atoms with E-state index in [1.54, 1.807) is 0 Å². The molecule has 2 aromatic rings. The van der Waals surface area contributed by atoms with Gasteiger partial charge in [0.05, 0.1) is 18.4 Å². The zero-order valence-electron chi connectivity index (χ0n) is 17.0. The summed E-state index contributed by atoms with van der Waals surface area (Å²) in [6, 6.07) is 8.44. The summed E-state index contributed by atoms with van der Waals surface area (Å²) in [6.07, 6.45) is 5.58. The molecule has 6 nitrogen and oxygen atoms in total. The molecule has 1 N–H and O–H groups in total. The zero-order chi connectivity index (χ0) is 19.7. The Morgan fingerprint density at radius 1 is 1.21 bits per heavy atom. The van der Waals surface area contributed by atoms with E-state index < -0.39 is 5.54 Å². The minimum absolute atomic E-state index is 0.106. The van der Waals surface area contributed by atoms with Crippen LogP contribution in [0.5, 0.6) is 0 Å². The normalized spacial score (nSPS) is 24.1. The first kappa shape index (κ1) is 19.2. The van der Waals surface area contributed by atoms with E-state index >= 15 is 0 Å². The van der Waals surface area contributed by atoms with Crippen LogP contribution in [-0.2, 0) is 35.5 Å². The maximum absolute atomic E-state index is 13.6. The number of carbonyl (C=O) groups is 1. The van der Waals surface area contributed by atoms with E-state index in [0.717, 1.165) is 38.0 Å². The number of ether oxygens (including phenoxy) is 1. The van der Waals surface area contributed by atoms with Gasteiger partial charge in [0.25, 0.3) is 0 Å². The molecular formula is C22H30N4O2. The first-order valence-corrected chi connectivity index (χ1v) is 10.3. The molecule has 1 aliphatic carbocycles. The maximum Gasteiger partial charge on any atom is 0.241 e. The van der Waals surface area contributed by atoms with Gasteiger partial charge >= 0.3 is 0 Å². The highest BCUT2D eigenvalue weighted by molar-refractivity contribution is 5.88. The monoisotopic (exact) mass is 382 g/mol. The van der Waals surface area contributed by atoms with E-state index in [0.29, 0.717) is 6.54 Å². The summed E-state index contributed by atoms with van der Waals surface area (Å²) in [5.41, 5.74) is 3.05. The Hall–Kier alpha value is -2.18. The van der Waals surface area contributed by atoms with Gasteiger partial charge in [0, 0.05) is 50.8 Å². The number of amides is 1. The SMILES string of the molecule is CCn1cc(CNC(=O)C2(N3C[C@@H](C)O[C@@H](C)C3)Cc3ccccc3C2)cn1. The Morgan fingerprint density at radius 2 is 1.86 bits per heavy atom. The highest BCUT2D eigenvalue weighted by Gasteiger charge is 2.49. The second-order valence-electron chi connectivity index (χ2n) is 8.20. The van der Waals surface area contributed by atoms with Gasteiger partial charge in [0.1, 0.15) is 5.54 Å². The molecule has 0 spiro atoms. The fourth-order valence-corrected chi connectivity index (χ4v) is 4.67. The molecule has 0 bridgehead atoms. The third-order valence-corrected chi connectivity index (χ3v) is 6.00. The summed E-state index contributed by atoms with van der Waals surface area (Å²) in [6.45, 7) is 9.13. The molecule has 2 atom stereocenters. The predicted octanol–water partition coefficient (Wildman–Crippen LogP) is 2.17. The van der Waals surface area contributed by atoms with Crippen molar-refractivity contribution in [2.45, 2.75) is 64.4 Å². The third kappa shape index (κ3) is 3.59. The van der Waals surface area contributed by atoms with Crippen molar-refractivity contribution in [2.75, 3.05) is 13.1 Å². The molecule has 1 aromatic heterocycles. The van der Waals surface area contributed by atoms with Crippen LogP contribution in [0.25, 0.3) is 0 Å². The smallest absolute Gasteiger partial charge is 0.241 e. The van der Waals surface area contributed by atoms with Crippen LogP contribution in [0.3, 0.4) is 0 Å². The van der Waals surface area contributed by atoms with Gasteiger partial charge in [-0.2, -0.15) is 5.10 Å². The van der Waals surface area contributed by atoms with E-state index in [1.807, 2.05) is 17.1 Å². The van der Waals surface area contributed by atoms with Crippen molar-refractivity contribution in [3.63, 3.8) is 0 Å². The third-order valence-electron chi connectivity index (χ3n) is 6.00. The molecule has 4 rings (SSSR count). The quantitative estimate of drug-likeness (QED) is 0.861. The van der Waals surface area contributed by atoms with Crippen molar-refractivity contribution in [2.24, 2.45) is 0 Å². The number of benzene rings is 1. The van der Waals surface area contributed by atoms with Crippen LogP contribution in [0.4, 0.5) is 0 Å². The Kier molecular flexibility index (Phi) is 5.25. The van der Waals surface area contributed by atoms with Crippen LogP contribution in [0.1, 0.15) is 37.5 Å². The Bertz CT molecular complexity index is 812. The van der Waals surface area contributed by atoms with Crippen molar-refractivity contribution >= 4 is 5.91 Å². The second kappa shape index (κ2) is 7.68. The second-order valence-corrected chi connectivity index (χ2v) is 8.20. The van der Waals surface area contributed by atoms with Crippen molar-refractivity contribution in [1.82, 2.24) is 20.0 Å². The summed E-state index contributed by atoms with van der Waals surface area (Å²) >= 11 is 0. The van der Waals surface area contributed by atoms with Crippen molar-refractivity contribution < 1.29 is 9.53 Å². The lowest BCUT2D eigenvalue weighted by atomic mass is 9.90. The summed E-state index contributed by atoms with van der Waals surface area (Å²) in [7, 11) is 0. The van der Waals surface area contributed by atoms with Gasteiger partial charge in [-0.1, -0.05) is 24.3 Å². The Balaban J connectivity index is 1.57. The van der Waals surface area contributed by atoms with Crippen molar-refractivity contribution in [1.29, 1.82) is 0 Å². The van der Waals surface area contributed by atoms with Crippen LogP contribution < -0.4 is 5.32 Å².